The van der Waals surface area contributed by atoms with E-state index in [2.05, 4.69) is 20.4 Å². The molecular weight excluding hydrogens is 425 g/mol. The Morgan fingerprint density at radius 2 is 1.70 bits per heavy atom. The molecular formula is C23H24FN7O2. The summed E-state index contributed by atoms with van der Waals surface area (Å²) >= 11 is 0. The van der Waals surface area contributed by atoms with Gasteiger partial charge in [0.05, 0.1) is 18.2 Å². The van der Waals surface area contributed by atoms with Gasteiger partial charge in [-0.05, 0) is 46.8 Å². The second-order valence-corrected chi connectivity index (χ2v) is 8.33. The molecule has 2 saturated heterocycles. The Labute approximate surface area is 190 Å². The van der Waals surface area contributed by atoms with Gasteiger partial charge < -0.3 is 9.80 Å². The van der Waals surface area contributed by atoms with E-state index < -0.39 is 0 Å². The molecule has 0 spiro atoms. The number of hydrogen-bond donors (Lipinski definition) is 0. The lowest BCUT2D eigenvalue weighted by Gasteiger charge is -2.35. The highest BCUT2D eigenvalue weighted by molar-refractivity contribution is 6.00. The van der Waals surface area contributed by atoms with E-state index in [4.69, 9.17) is 0 Å². The largest absolute Gasteiger partial charge is 0.340 e. The first kappa shape index (κ1) is 21.2. The van der Waals surface area contributed by atoms with E-state index in [1.165, 1.54) is 12.1 Å². The molecule has 2 aliphatic rings. The second kappa shape index (κ2) is 9.07. The Hall–Kier alpha value is -3.66. The van der Waals surface area contributed by atoms with Crippen molar-refractivity contribution in [3.8, 4) is 5.69 Å². The van der Waals surface area contributed by atoms with Crippen molar-refractivity contribution in [3.05, 3.63) is 66.2 Å². The summed E-state index contributed by atoms with van der Waals surface area (Å²) < 4.78 is 14.8. The molecule has 1 aromatic heterocycles. The summed E-state index contributed by atoms with van der Waals surface area (Å²) in [6, 6.07) is 15.5. The lowest BCUT2D eigenvalue weighted by atomic mass is 10.1. The van der Waals surface area contributed by atoms with Gasteiger partial charge in [-0.25, -0.2) is 4.39 Å². The van der Waals surface area contributed by atoms with E-state index in [9.17, 15) is 14.0 Å². The maximum atomic E-state index is 13.2. The van der Waals surface area contributed by atoms with Crippen molar-refractivity contribution in [2.45, 2.75) is 13.0 Å². The third kappa shape index (κ3) is 4.47. The predicted octanol–water partition coefficient (Wildman–Crippen LogP) is 1.50. The molecule has 3 aromatic rings. The number of halogens is 1. The molecule has 9 nitrogen and oxygen atoms in total. The maximum Gasteiger partial charge on any atom is 0.228 e. The molecule has 2 fully saturated rings. The molecule has 3 heterocycles. The minimum absolute atomic E-state index is 0.00850. The Kier molecular flexibility index (Phi) is 5.82. The summed E-state index contributed by atoms with van der Waals surface area (Å²) in [5.74, 6) is 0.0599. The highest BCUT2D eigenvalue weighted by Crippen LogP contribution is 2.26. The summed E-state index contributed by atoms with van der Waals surface area (Å²) in [5.41, 5.74) is 1.53. The summed E-state index contributed by atoms with van der Waals surface area (Å²) in [4.78, 5) is 31.3. The first-order valence-corrected chi connectivity index (χ1v) is 11.0. The van der Waals surface area contributed by atoms with Crippen LogP contribution in [0.15, 0.2) is 54.6 Å². The number of hydrogen-bond acceptors (Lipinski definition) is 6. The van der Waals surface area contributed by atoms with E-state index in [1.807, 2.05) is 35.2 Å². The number of carbonyl (C=O) groups is 2. The van der Waals surface area contributed by atoms with Gasteiger partial charge in [0.1, 0.15) is 5.82 Å². The van der Waals surface area contributed by atoms with Crippen molar-refractivity contribution in [3.63, 3.8) is 0 Å². The third-order valence-corrected chi connectivity index (χ3v) is 6.20. The van der Waals surface area contributed by atoms with E-state index in [0.29, 0.717) is 50.8 Å². The normalized spacial score (nSPS) is 19.3. The zero-order valence-corrected chi connectivity index (χ0v) is 18.0. The molecule has 0 unspecified atom stereocenters. The third-order valence-electron chi connectivity index (χ3n) is 6.20. The zero-order chi connectivity index (χ0) is 22.8. The van der Waals surface area contributed by atoms with Gasteiger partial charge in [0, 0.05) is 44.8 Å². The van der Waals surface area contributed by atoms with Crippen LogP contribution in [0.3, 0.4) is 0 Å². The van der Waals surface area contributed by atoms with Crippen molar-refractivity contribution in [2.24, 2.45) is 5.92 Å². The number of benzene rings is 2. The van der Waals surface area contributed by atoms with Crippen molar-refractivity contribution in [1.29, 1.82) is 0 Å². The van der Waals surface area contributed by atoms with Gasteiger partial charge in [-0.15, -0.1) is 5.10 Å². The van der Waals surface area contributed by atoms with E-state index in [-0.39, 0.29) is 30.0 Å². The Balaban J connectivity index is 1.17. The van der Waals surface area contributed by atoms with E-state index in [1.54, 1.807) is 21.7 Å². The maximum absolute atomic E-state index is 13.2. The molecule has 0 radical (unpaired) electrons. The molecule has 2 aliphatic heterocycles. The quantitative estimate of drug-likeness (QED) is 0.587. The summed E-state index contributed by atoms with van der Waals surface area (Å²) in [6.07, 6.45) is 0.250. The lowest BCUT2D eigenvalue weighted by molar-refractivity contribution is -0.137. The van der Waals surface area contributed by atoms with Crippen LogP contribution in [-0.2, 0) is 16.1 Å². The number of aromatic nitrogens is 4. The molecule has 5 rings (SSSR count). The average Bonchev–Trinajstić information content (AvgIpc) is 3.47. The van der Waals surface area contributed by atoms with Crippen LogP contribution in [0.4, 0.5) is 10.1 Å². The molecule has 2 aromatic carbocycles. The Morgan fingerprint density at radius 1 is 0.970 bits per heavy atom. The van der Waals surface area contributed by atoms with Gasteiger partial charge in [0.15, 0.2) is 5.82 Å². The zero-order valence-electron chi connectivity index (χ0n) is 18.0. The fourth-order valence-electron chi connectivity index (χ4n) is 4.40. The van der Waals surface area contributed by atoms with Crippen molar-refractivity contribution < 1.29 is 14.0 Å². The monoisotopic (exact) mass is 449 g/mol. The van der Waals surface area contributed by atoms with Gasteiger partial charge in [-0.2, -0.15) is 4.68 Å². The smallest absolute Gasteiger partial charge is 0.228 e. The minimum Gasteiger partial charge on any atom is -0.340 e. The minimum atomic E-state index is -0.315. The van der Waals surface area contributed by atoms with Crippen molar-refractivity contribution >= 4 is 17.5 Å². The topological polar surface area (TPSA) is 87.5 Å². The van der Waals surface area contributed by atoms with Crippen LogP contribution in [0.1, 0.15) is 12.2 Å². The number of tetrazole rings is 1. The number of para-hydroxylation sites is 1. The summed E-state index contributed by atoms with van der Waals surface area (Å²) in [5, 5.41) is 11.9. The van der Waals surface area contributed by atoms with Gasteiger partial charge >= 0.3 is 0 Å². The fraction of sp³-hybridized carbons (Fsp3) is 0.348. The molecule has 0 N–H and O–H groups in total. The lowest BCUT2D eigenvalue weighted by Crippen LogP contribution is -2.50. The van der Waals surface area contributed by atoms with Crippen LogP contribution in [0.25, 0.3) is 5.69 Å². The van der Waals surface area contributed by atoms with E-state index >= 15 is 0 Å². The molecule has 10 heteroatoms. The second-order valence-electron chi connectivity index (χ2n) is 8.33. The molecule has 170 valence electrons. The number of rotatable bonds is 5. The van der Waals surface area contributed by atoms with Crippen molar-refractivity contribution in [2.75, 3.05) is 37.6 Å². The highest BCUT2D eigenvalue weighted by atomic mass is 19.1. The van der Waals surface area contributed by atoms with Gasteiger partial charge in [-0.3, -0.25) is 14.5 Å². The van der Waals surface area contributed by atoms with Gasteiger partial charge in [-0.1, -0.05) is 18.2 Å². The van der Waals surface area contributed by atoms with Crippen molar-refractivity contribution in [1.82, 2.24) is 30.0 Å². The number of carbonyl (C=O) groups excluding carboxylic acids is 2. The molecule has 0 bridgehead atoms. The molecule has 2 amide bonds. The Bertz CT molecular complexity index is 1130. The fourth-order valence-corrected chi connectivity index (χ4v) is 4.40. The highest BCUT2D eigenvalue weighted by Gasteiger charge is 2.38. The number of anilines is 1. The summed E-state index contributed by atoms with van der Waals surface area (Å²) in [6.45, 7) is 3.50. The van der Waals surface area contributed by atoms with Crippen LogP contribution >= 0.6 is 0 Å². The van der Waals surface area contributed by atoms with Crippen LogP contribution < -0.4 is 4.90 Å². The summed E-state index contributed by atoms with van der Waals surface area (Å²) in [7, 11) is 0. The molecule has 1 atom stereocenters. The predicted molar refractivity (Wildman–Crippen MR) is 118 cm³/mol. The van der Waals surface area contributed by atoms with Crippen LogP contribution in [0.5, 0.6) is 0 Å². The molecule has 0 saturated carbocycles. The number of nitrogens with zero attached hydrogens (tertiary/aromatic N) is 7. The first-order chi connectivity index (χ1) is 16.1. The Morgan fingerprint density at radius 3 is 2.42 bits per heavy atom. The van der Waals surface area contributed by atoms with Crippen LogP contribution in [-0.4, -0.2) is 74.5 Å². The van der Waals surface area contributed by atoms with Gasteiger partial charge in [0.2, 0.25) is 11.8 Å². The molecule has 33 heavy (non-hydrogen) atoms. The standard InChI is InChI=1S/C23H24FN7O2/c24-18-6-8-20(9-7-18)31-21(25-26-27-31)16-28-10-12-29(13-11-28)23(33)17-14-22(32)30(15-17)19-4-2-1-3-5-19/h1-9,17H,10-16H2/t17-/m1/s1. The van der Waals surface area contributed by atoms with Gasteiger partial charge in [0.25, 0.3) is 0 Å². The average molecular weight is 449 g/mol. The van der Waals surface area contributed by atoms with Crippen LogP contribution in [0.2, 0.25) is 0 Å². The number of piperazine rings is 1. The number of amides is 2. The molecule has 0 aliphatic carbocycles. The van der Waals surface area contributed by atoms with Crippen LogP contribution in [0, 0.1) is 11.7 Å². The van der Waals surface area contributed by atoms with E-state index in [0.717, 1.165) is 5.69 Å². The SMILES string of the molecule is O=C([C@@H]1CC(=O)N(c2ccccc2)C1)N1CCN(Cc2nnnn2-c2ccc(F)cc2)CC1. The first-order valence-electron chi connectivity index (χ1n) is 11.0.